The number of nitrogens with one attached hydrogen (secondary N) is 1. The maximum absolute atomic E-state index is 6.41. The van der Waals surface area contributed by atoms with Gasteiger partial charge in [0.2, 0.25) is 5.78 Å². The summed E-state index contributed by atoms with van der Waals surface area (Å²) in [5, 5.41) is 4.29. The van der Waals surface area contributed by atoms with Crippen LogP contribution in [0.3, 0.4) is 0 Å². The van der Waals surface area contributed by atoms with Crippen molar-refractivity contribution < 1.29 is 0 Å². The fourth-order valence-corrected chi connectivity index (χ4v) is 3.41. The van der Waals surface area contributed by atoms with Crippen LogP contribution in [0.1, 0.15) is 17.3 Å². The van der Waals surface area contributed by atoms with E-state index in [1.807, 2.05) is 41.1 Å². The Labute approximate surface area is 152 Å². The number of hydrogen-bond donors (Lipinski definition) is 1. The molecule has 0 bridgehead atoms. The van der Waals surface area contributed by atoms with Crippen molar-refractivity contribution in [1.29, 1.82) is 0 Å². The van der Waals surface area contributed by atoms with E-state index in [9.17, 15) is 0 Å². The lowest BCUT2D eigenvalue weighted by Gasteiger charge is -2.36. The minimum Gasteiger partial charge on any atom is -0.314 e. The molecular formula is C17H19Cl2N5. The van der Waals surface area contributed by atoms with Gasteiger partial charge in [0, 0.05) is 55.8 Å². The van der Waals surface area contributed by atoms with E-state index in [0.717, 1.165) is 42.7 Å². The quantitative estimate of drug-likeness (QED) is 0.776. The van der Waals surface area contributed by atoms with Crippen molar-refractivity contribution in [2.75, 3.05) is 19.6 Å². The van der Waals surface area contributed by atoms with Gasteiger partial charge in [0.05, 0.1) is 5.69 Å². The topological polar surface area (TPSA) is 45.5 Å². The number of imidazole rings is 1. The van der Waals surface area contributed by atoms with Crippen molar-refractivity contribution >= 4 is 29.8 Å². The lowest BCUT2D eigenvalue weighted by Crippen LogP contribution is -2.45. The number of fused-ring (bicyclic) bond motifs is 1. The minimum absolute atomic E-state index is 0. The molecule has 0 amide bonds. The Morgan fingerprint density at radius 1 is 1.25 bits per heavy atom. The van der Waals surface area contributed by atoms with Crippen molar-refractivity contribution in [1.82, 2.24) is 24.6 Å². The second kappa shape index (κ2) is 7.49. The molecule has 24 heavy (non-hydrogen) atoms. The van der Waals surface area contributed by atoms with Crippen molar-refractivity contribution in [3.8, 4) is 0 Å². The molecule has 0 spiro atoms. The highest BCUT2D eigenvalue weighted by atomic mass is 35.5. The molecule has 126 valence electrons. The monoisotopic (exact) mass is 363 g/mol. The lowest BCUT2D eigenvalue weighted by molar-refractivity contribution is 0.152. The van der Waals surface area contributed by atoms with Crippen LogP contribution in [0.4, 0.5) is 0 Å². The number of hydrogen-bond acceptors (Lipinski definition) is 4. The molecule has 3 heterocycles. The van der Waals surface area contributed by atoms with E-state index in [1.165, 1.54) is 5.56 Å². The molecular weight excluding hydrogens is 345 g/mol. The van der Waals surface area contributed by atoms with Gasteiger partial charge in [-0.2, -0.15) is 0 Å². The van der Waals surface area contributed by atoms with Crippen LogP contribution < -0.4 is 5.32 Å². The van der Waals surface area contributed by atoms with Gasteiger partial charge >= 0.3 is 0 Å². The fourth-order valence-electron chi connectivity index (χ4n) is 3.15. The molecule has 1 fully saturated rings. The molecule has 4 rings (SSSR count). The summed E-state index contributed by atoms with van der Waals surface area (Å²) in [5.74, 6) is 0.743. The van der Waals surface area contributed by atoms with Gasteiger partial charge < -0.3 is 5.32 Å². The van der Waals surface area contributed by atoms with Crippen LogP contribution in [-0.4, -0.2) is 38.9 Å². The largest absolute Gasteiger partial charge is 0.314 e. The molecule has 1 atom stereocenters. The molecule has 1 aromatic carbocycles. The highest BCUT2D eigenvalue weighted by molar-refractivity contribution is 6.31. The molecule has 0 aliphatic carbocycles. The summed E-state index contributed by atoms with van der Waals surface area (Å²) >= 11 is 6.41. The fraction of sp³-hybridized carbons (Fsp3) is 0.294. The molecule has 0 radical (unpaired) electrons. The zero-order valence-corrected chi connectivity index (χ0v) is 14.7. The number of aromatic nitrogens is 3. The standard InChI is InChI=1S/C17H18ClN5.ClH/c18-15-5-2-1-4-14(15)16-10-19-7-9-22(16)11-13-12-23-8-3-6-20-17(23)21-13;/h1-6,8,12,16,19H,7,9-11H2;1H. The number of piperazine rings is 1. The first-order chi connectivity index (χ1) is 11.3. The first-order valence-electron chi connectivity index (χ1n) is 7.79. The number of nitrogens with zero attached hydrogens (tertiary/aromatic N) is 4. The third-order valence-electron chi connectivity index (χ3n) is 4.27. The first-order valence-corrected chi connectivity index (χ1v) is 8.17. The Hall–Kier alpha value is -1.66. The number of benzene rings is 1. The third-order valence-corrected chi connectivity index (χ3v) is 4.61. The van der Waals surface area contributed by atoms with Gasteiger partial charge in [-0.15, -0.1) is 12.4 Å². The van der Waals surface area contributed by atoms with Crippen LogP contribution in [0, 0.1) is 0 Å². The Morgan fingerprint density at radius 3 is 2.96 bits per heavy atom. The molecule has 1 unspecified atom stereocenters. The van der Waals surface area contributed by atoms with E-state index in [0.29, 0.717) is 0 Å². The minimum atomic E-state index is 0. The Morgan fingerprint density at radius 2 is 2.12 bits per heavy atom. The van der Waals surface area contributed by atoms with Crippen molar-refractivity contribution in [3.05, 3.63) is 65.2 Å². The second-order valence-electron chi connectivity index (χ2n) is 5.77. The highest BCUT2D eigenvalue weighted by Crippen LogP contribution is 2.29. The van der Waals surface area contributed by atoms with Gasteiger partial charge in [0.25, 0.3) is 0 Å². The van der Waals surface area contributed by atoms with Gasteiger partial charge in [-0.05, 0) is 17.7 Å². The van der Waals surface area contributed by atoms with E-state index in [2.05, 4.69) is 26.3 Å². The summed E-state index contributed by atoms with van der Waals surface area (Å²) in [7, 11) is 0. The molecule has 1 saturated heterocycles. The summed E-state index contributed by atoms with van der Waals surface area (Å²) in [6, 6.07) is 10.3. The molecule has 7 heteroatoms. The summed E-state index contributed by atoms with van der Waals surface area (Å²) in [4.78, 5) is 11.3. The normalized spacial score (nSPS) is 18.5. The summed E-state index contributed by atoms with van der Waals surface area (Å²) in [6.07, 6.45) is 5.79. The molecule has 5 nitrogen and oxygen atoms in total. The van der Waals surface area contributed by atoms with Crippen LogP contribution in [0.25, 0.3) is 5.78 Å². The van der Waals surface area contributed by atoms with E-state index in [1.54, 1.807) is 6.20 Å². The molecule has 1 N–H and O–H groups in total. The molecule has 1 aliphatic heterocycles. The molecule has 0 saturated carbocycles. The highest BCUT2D eigenvalue weighted by Gasteiger charge is 2.26. The smallest absolute Gasteiger partial charge is 0.233 e. The van der Waals surface area contributed by atoms with Crippen LogP contribution in [0.15, 0.2) is 48.9 Å². The maximum Gasteiger partial charge on any atom is 0.233 e. The van der Waals surface area contributed by atoms with E-state index < -0.39 is 0 Å². The zero-order chi connectivity index (χ0) is 15.6. The van der Waals surface area contributed by atoms with Crippen molar-refractivity contribution in [2.24, 2.45) is 0 Å². The predicted octanol–water partition coefficient (Wildman–Crippen LogP) is 2.95. The van der Waals surface area contributed by atoms with Crippen LogP contribution >= 0.6 is 24.0 Å². The van der Waals surface area contributed by atoms with Gasteiger partial charge in [0.15, 0.2) is 0 Å². The van der Waals surface area contributed by atoms with Gasteiger partial charge in [-0.25, -0.2) is 9.97 Å². The van der Waals surface area contributed by atoms with E-state index in [-0.39, 0.29) is 18.4 Å². The van der Waals surface area contributed by atoms with E-state index >= 15 is 0 Å². The Balaban J connectivity index is 0.00000169. The van der Waals surface area contributed by atoms with E-state index in [4.69, 9.17) is 11.6 Å². The van der Waals surface area contributed by atoms with Crippen LogP contribution in [0.2, 0.25) is 5.02 Å². The van der Waals surface area contributed by atoms with Crippen molar-refractivity contribution in [3.63, 3.8) is 0 Å². The van der Waals surface area contributed by atoms with Gasteiger partial charge in [0.1, 0.15) is 0 Å². The third kappa shape index (κ3) is 3.39. The predicted molar refractivity (Wildman–Crippen MR) is 97.7 cm³/mol. The summed E-state index contributed by atoms with van der Waals surface area (Å²) in [5.41, 5.74) is 2.20. The van der Waals surface area contributed by atoms with Crippen LogP contribution in [-0.2, 0) is 6.54 Å². The SMILES string of the molecule is Cl.Clc1ccccc1C1CNCCN1Cc1cn2cccnc2n1. The number of rotatable bonds is 3. The Kier molecular flexibility index (Phi) is 5.36. The van der Waals surface area contributed by atoms with Crippen LogP contribution in [0.5, 0.6) is 0 Å². The lowest BCUT2D eigenvalue weighted by atomic mass is 10.0. The zero-order valence-electron chi connectivity index (χ0n) is 13.1. The number of halogens is 2. The van der Waals surface area contributed by atoms with Crippen molar-refractivity contribution in [2.45, 2.75) is 12.6 Å². The van der Waals surface area contributed by atoms with Gasteiger partial charge in [-0.1, -0.05) is 29.8 Å². The first kappa shape index (κ1) is 17.2. The molecule has 3 aromatic rings. The van der Waals surface area contributed by atoms with Gasteiger partial charge in [-0.3, -0.25) is 9.30 Å². The average Bonchev–Trinajstić information content (AvgIpc) is 2.98. The summed E-state index contributed by atoms with van der Waals surface area (Å²) < 4.78 is 1.96. The second-order valence-corrected chi connectivity index (χ2v) is 6.18. The average molecular weight is 364 g/mol. The maximum atomic E-state index is 6.41. The summed E-state index contributed by atoms with van der Waals surface area (Å²) in [6.45, 7) is 3.64. The molecule has 1 aliphatic rings. The molecule has 2 aromatic heterocycles. The Bertz CT molecular complexity index is 786.